The number of nitro benzene ring substituents is 1. The zero-order chi connectivity index (χ0) is 21.1. The van der Waals surface area contributed by atoms with Crippen LogP contribution in [-0.4, -0.2) is 46.6 Å². The summed E-state index contributed by atoms with van der Waals surface area (Å²) in [6.45, 7) is 4.53. The van der Waals surface area contributed by atoms with Gasteiger partial charge in [-0.1, -0.05) is 12.1 Å². The number of nitrogens with zero attached hydrogens (tertiary/aromatic N) is 1. The van der Waals surface area contributed by atoms with Crippen molar-refractivity contribution in [1.29, 1.82) is 0 Å². The molecule has 152 valence electrons. The van der Waals surface area contributed by atoms with Crippen molar-refractivity contribution in [2.75, 3.05) is 13.2 Å². The summed E-state index contributed by atoms with van der Waals surface area (Å²) in [6.07, 6.45) is -0.439. The number of ketones is 1. The van der Waals surface area contributed by atoms with Crippen LogP contribution in [0.15, 0.2) is 24.3 Å². The second-order valence-corrected chi connectivity index (χ2v) is 6.84. The highest BCUT2D eigenvalue weighted by molar-refractivity contribution is 6.02. The van der Waals surface area contributed by atoms with E-state index in [1.807, 2.05) is 0 Å². The molecule has 28 heavy (non-hydrogen) atoms. The van der Waals surface area contributed by atoms with E-state index >= 15 is 0 Å². The van der Waals surface area contributed by atoms with Gasteiger partial charge >= 0.3 is 11.9 Å². The highest BCUT2D eigenvalue weighted by Crippen LogP contribution is 2.47. The molecule has 1 aromatic carbocycles. The summed E-state index contributed by atoms with van der Waals surface area (Å²) in [5.41, 5.74) is -1.85. The van der Waals surface area contributed by atoms with E-state index < -0.39 is 52.4 Å². The first kappa shape index (κ1) is 21.5. The van der Waals surface area contributed by atoms with Crippen molar-refractivity contribution < 1.29 is 33.9 Å². The fourth-order valence-electron chi connectivity index (χ4n) is 3.73. The van der Waals surface area contributed by atoms with E-state index in [0.717, 1.165) is 0 Å². The molecule has 1 aliphatic carbocycles. The predicted molar refractivity (Wildman–Crippen MR) is 96.3 cm³/mol. The SMILES string of the molecule is CCOC(=O)[C@@H]1C(=O)C[C@](C)(O)[C@@H](C(=O)OCC)[C@@H]1c1cccc([N+](=O)[O-])c1. The highest BCUT2D eigenvalue weighted by Gasteiger charge is 2.57. The molecular formula is C19H23NO8. The van der Waals surface area contributed by atoms with Crippen LogP contribution >= 0.6 is 0 Å². The Kier molecular flexibility index (Phi) is 6.50. The van der Waals surface area contributed by atoms with Crippen LogP contribution in [0, 0.1) is 22.0 Å². The molecule has 1 saturated carbocycles. The van der Waals surface area contributed by atoms with Crippen LogP contribution in [0.5, 0.6) is 0 Å². The molecule has 4 atom stereocenters. The van der Waals surface area contributed by atoms with Crippen LogP contribution in [0.25, 0.3) is 0 Å². The van der Waals surface area contributed by atoms with Crippen LogP contribution < -0.4 is 0 Å². The minimum Gasteiger partial charge on any atom is -0.466 e. The van der Waals surface area contributed by atoms with Crippen LogP contribution in [0.3, 0.4) is 0 Å². The largest absolute Gasteiger partial charge is 0.466 e. The lowest BCUT2D eigenvalue weighted by Gasteiger charge is -2.43. The maximum absolute atomic E-state index is 12.7. The van der Waals surface area contributed by atoms with Crippen molar-refractivity contribution >= 4 is 23.4 Å². The lowest BCUT2D eigenvalue weighted by molar-refractivity contribution is -0.385. The number of esters is 2. The Morgan fingerprint density at radius 2 is 1.86 bits per heavy atom. The summed E-state index contributed by atoms with van der Waals surface area (Å²) in [6, 6.07) is 5.32. The molecule has 1 fully saturated rings. The van der Waals surface area contributed by atoms with Gasteiger partial charge in [0.05, 0.1) is 29.7 Å². The average molecular weight is 393 g/mol. The van der Waals surface area contributed by atoms with Crippen molar-refractivity contribution in [3.63, 3.8) is 0 Å². The molecule has 0 heterocycles. The molecule has 9 heteroatoms. The van der Waals surface area contributed by atoms with Gasteiger partial charge < -0.3 is 14.6 Å². The third kappa shape index (κ3) is 4.19. The van der Waals surface area contributed by atoms with Crippen molar-refractivity contribution in [1.82, 2.24) is 0 Å². The Labute approximate surface area is 161 Å². The van der Waals surface area contributed by atoms with E-state index in [2.05, 4.69) is 0 Å². The van der Waals surface area contributed by atoms with Gasteiger partial charge in [0.25, 0.3) is 5.69 Å². The number of hydrogen-bond donors (Lipinski definition) is 1. The lowest BCUT2D eigenvalue weighted by Crippen LogP contribution is -2.55. The van der Waals surface area contributed by atoms with Gasteiger partial charge in [0.15, 0.2) is 5.78 Å². The van der Waals surface area contributed by atoms with Crippen LogP contribution in [0.1, 0.15) is 38.7 Å². The van der Waals surface area contributed by atoms with Gasteiger partial charge in [0.1, 0.15) is 5.92 Å². The molecule has 1 aromatic rings. The van der Waals surface area contributed by atoms with E-state index in [0.29, 0.717) is 0 Å². The summed E-state index contributed by atoms with van der Waals surface area (Å²) in [5.74, 6) is -6.03. The number of hydrogen-bond acceptors (Lipinski definition) is 8. The van der Waals surface area contributed by atoms with Gasteiger partial charge in [-0.2, -0.15) is 0 Å². The average Bonchev–Trinajstić information content (AvgIpc) is 2.60. The Morgan fingerprint density at radius 1 is 1.25 bits per heavy atom. The van der Waals surface area contributed by atoms with Crippen molar-refractivity contribution in [3.8, 4) is 0 Å². The third-order valence-electron chi connectivity index (χ3n) is 4.81. The van der Waals surface area contributed by atoms with E-state index in [9.17, 15) is 29.6 Å². The van der Waals surface area contributed by atoms with Gasteiger partial charge in [-0.15, -0.1) is 0 Å². The number of rotatable bonds is 6. The number of non-ortho nitro benzene ring substituents is 1. The summed E-state index contributed by atoms with van der Waals surface area (Å²) < 4.78 is 10.1. The maximum Gasteiger partial charge on any atom is 0.317 e. The molecule has 0 spiro atoms. The summed E-state index contributed by atoms with van der Waals surface area (Å²) in [4.78, 5) is 48.5. The smallest absolute Gasteiger partial charge is 0.317 e. The Balaban J connectivity index is 2.67. The number of carbonyl (C=O) groups is 3. The minimum atomic E-state index is -1.79. The van der Waals surface area contributed by atoms with Crippen LogP contribution in [-0.2, 0) is 23.9 Å². The number of nitro groups is 1. The minimum absolute atomic E-state index is 0.0186. The van der Waals surface area contributed by atoms with E-state index in [1.165, 1.54) is 31.2 Å². The molecule has 1 N–H and O–H groups in total. The zero-order valence-corrected chi connectivity index (χ0v) is 15.9. The van der Waals surface area contributed by atoms with Crippen LogP contribution in [0.4, 0.5) is 5.69 Å². The number of aliphatic hydroxyl groups is 1. The normalized spacial score (nSPS) is 27.1. The standard InChI is InChI=1S/C19H23NO8/c1-4-27-17(22)15-13(21)10-19(3,24)16(18(23)28-5-2)14(15)11-7-6-8-12(9-11)20(25)26/h6-9,14-16,24H,4-5,10H2,1-3H3/t14-,15-,16-,19+/m1/s1. The lowest BCUT2D eigenvalue weighted by atomic mass is 9.61. The van der Waals surface area contributed by atoms with Crippen molar-refractivity contribution in [3.05, 3.63) is 39.9 Å². The number of carbonyl (C=O) groups excluding carboxylic acids is 3. The monoisotopic (exact) mass is 393 g/mol. The molecule has 2 rings (SSSR count). The quantitative estimate of drug-likeness (QED) is 0.334. The summed E-state index contributed by atoms with van der Waals surface area (Å²) in [5, 5.41) is 22.0. The maximum atomic E-state index is 12.7. The summed E-state index contributed by atoms with van der Waals surface area (Å²) in [7, 11) is 0. The molecule has 0 unspecified atom stereocenters. The molecular weight excluding hydrogens is 370 g/mol. The van der Waals surface area contributed by atoms with E-state index in [1.54, 1.807) is 13.8 Å². The molecule has 0 bridgehead atoms. The fourth-order valence-corrected chi connectivity index (χ4v) is 3.73. The molecule has 0 amide bonds. The molecule has 0 radical (unpaired) electrons. The van der Waals surface area contributed by atoms with Crippen molar-refractivity contribution in [2.24, 2.45) is 11.8 Å². The topological polar surface area (TPSA) is 133 Å². The van der Waals surface area contributed by atoms with Crippen LogP contribution in [0.2, 0.25) is 0 Å². The van der Waals surface area contributed by atoms with E-state index in [-0.39, 0.29) is 24.5 Å². The van der Waals surface area contributed by atoms with Gasteiger partial charge in [0.2, 0.25) is 0 Å². The predicted octanol–water partition coefficient (Wildman–Crippen LogP) is 1.76. The molecule has 0 aromatic heterocycles. The highest BCUT2D eigenvalue weighted by atomic mass is 16.6. The molecule has 0 aliphatic heterocycles. The zero-order valence-electron chi connectivity index (χ0n) is 15.9. The number of benzene rings is 1. The second kappa shape index (κ2) is 8.47. The number of ether oxygens (including phenoxy) is 2. The van der Waals surface area contributed by atoms with Gasteiger partial charge in [0, 0.05) is 24.5 Å². The summed E-state index contributed by atoms with van der Waals surface area (Å²) >= 11 is 0. The van der Waals surface area contributed by atoms with Gasteiger partial charge in [-0.3, -0.25) is 24.5 Å². The third-order valence-corrected chi connectivity index (χ3v) is 4.81. The second-order valence-electron chi connectivity index (χ2n) is 6.84. The Hall–Kier alpha value is -2.81. The molecule has 1 aliphatic rings. The number of Topliss-reactive ketones (excluding diaryl/α,β-unsaturated/α-hetero) is 1. The molecule has 0 saturated heterocycles. The van der Waals surface area contributed by atoms with Crippen molar-refractivity contribution in [2.45, 2.75) is 38.7 Å². The van der Waals surface area contributed by atoms with Gasteiger partial charge in [-0.25, -0.2) is 0 Å². The first-order valence-electron chi connectivity index (χ1n) is 8.96. The fraction of sp³-hybridized carbons (Fsp3) is 0.526. The Bertz CT molecular complexity index is 788. The van der Waals surface area contributed by atoms with Gasteiger partial charge in [-0.05, 0) is 26.3 Å². The first-order valence-corrected chi connectivity index (χ1v) is 8.96. The first-order chi connectivity index (χ1) is 13.1. The Morgan fingerprint density at radius 3 is 2.43 bits per heavy atom. The molecule has 9 nitrogen and oxygen atoms in total. The van der Waals surface area contributed by atoms with E-state index in [4.69, 9.17) is 9.47 Å².